The minimum absolute atomic E-state index is 0.430. The molecule has 0 amide bonds. The van der Waals surface area contributed by atoms with E-state index in [0.29, 0.717) is 17.9 Å². The van der Waals surface area contributed by atoms with Crippen LogP contribution in [0.15, 0.2) is 18.3 Å². The molecule has 3 heterocycles. The molecule has 5 N–H and O–H groups in total. The molecule has 7 heteroatoms. The van der Waals surface area contributed by atoms with Gasteiger partial charge >= 0.3 is 0 Å². The summed E-state index contributed by atoms with van der Waals surface area (Å²) in [6.45, 7) is 3.47. The molecule has 0 bridgehead atoms. The number of nitrogen functional groups attached to an aromatic ring is 1. The lowest BCUT2D eigenvalue weighted by atomic mass is 10.3. The Hall–Kier alpha value is -2.41. The summed E-state index contributed by atoms with van der Waals surface area (Å²) in [5, 5.41) is 0. The fraction of sp³-hybridized carbons (Fsp3) is 0.357. The molecule has 0 aliphatic rings. The number of fused-ring (bicyclic) bond motifs is 3. The van der Waals surface area contributed by atoms with Gasteiger partial charge in [0, 0.05) is 19.2 Å². The average Bonchev–Trinajstić information content (AvgIpc) is 2.87. The Morgan fingerprint density at radius 3 is 2.90 bits per heavy atom. The third kappa shape index (κ3) is 2.25. The summed E-state index contributed by atoms with van der Waals surface area (Å²) in [4.78, 5) is 13.4. The van der Waals surface area contributed by atoms with Crippen molar-refractivity contribution >= 4 is 27.9 Å². The van der Waals surface area contributed by atoms with E-state index in [4.69, 9.17) is 11.5 Å². The number of imidazole rings is 1. The molecule has 3 aromatic heterocycles. The van der Waals surface area contributed by atoms with Crippen molar-refractivity contribution < 1.29 is 0 Å². The number of anilines is 1. The Bertz CT molecular complexity index is 778. The van der Waals surface area contributed by atoms with E-state index in [9.17, 15) is 0 Å². The SMILES string of the molecule is CCc1nc2c(N)nc3cccnc3c2n1NCCCN. The van der Waals surface area contributed by atoms with Gasteiger partial charge in [-0.1, -0.05) is 6.92 Å². The first-order valence-corrected chi connectivity index (χ1v) is 7.11. The summed E-state index contributed by atoms with van der Waals surface area (Å²) >= 11 is 0. The third-order valence-corrected chi connectivity index (χ3v) is 3.41. The molecule has 0 aliphatic heterocycles. The van der Waals surface area contributed by atoms with Gasteiger partial charge in [0.1, 0.15) is 22.4 Å². The molecule has 0 fully saturated rings. The summed E-state index contributed by atoms with van der Waals surface area (Å²) in [6.07, 6.45) is 3.43. The molecular formula is C14H19N7. The standard InChI is InChI=1S/C14H19N7/c1-2-10-20-12-13(21(10)18-8-4-6-15)11-9(19-14(12)16)5-3-7-17-11/h3,5,7,18H,2,4,6,8,15H2,1H3,(H2,16,19). The maximum absolute atomic E-state index is 6.05. The lowest BCUT2D eigenvalue weighted by molar-refractivity contribution is 0.750. The second kappa shape index (κ2) is 5.53. The number of hydrogen-bond acceptors (Lipinski definition) is 6. The topological polar surface area (TPSA) is 108 Å². The average molecular weight is 285 g/mol. The van der Waals surface area contributed by atoms with Crippen LogP contribution in [0, 0.1) is 0 Å². The molecule has 3 rings (SSSR count). The minimum Gasteiger partial charge on any atom is -0.382 e. The van der Waals surface area contributed by atoms with Crippen molar-refractivity contribution in [1.82, 2.24) is 19.6 Å². The summed E-state index contributed by atoms with van der Waals surface area (Å²) in [5.74, 6) is 1.34. The van der Waals surface area contributed by atoms with Crippen molar-refractivity contribution in [2.75, 3.05) is 24.2 Å². The maximum Gasteiger partial charge on any atom is 0.152 e. The van der Waals surface area contributed by atoms with Crippen LogP contribution in [0.3, 0.4) is 0 Å². The molecule has 7 nitrogen and oxygen atoms in total. The molecule has 0 spiro atoms. The highest BCUT2D eigenvalue weighted by atomic mass is 15.4. The van der Waals surface area contributed by atoms with Gasteiger partial charge in [0.25, 0.3) is 0 Å². The number of hydrogen-bond donors (Lipinski definition) is 3. The lowest BCUT2D eigenvalue weighted by Crippen LogP contribution is -2.20. The van der Waals surface area contributed by atoms with Crippen LogP contribution in [0.5, 0.6) is 0 Å². The van der Waals surface area contributed by atoms with Gasteiger partial charge < -0.3 is 16.9 Å². The Kier molecular flexibility index (Phi) is 3.57. The Morgan fingerprint density at radius 1 is 1.29 bits per heavy atom. The van der Waals surface area contributed by atoms with E-state index >= 15 is 0 Å². The second-order valence-electron chi connectivity index (χ2n) is 4.83. The van der Waals surface area contributed by atoms with Crippen molar-refractivity contribution in [2.45, 2.75) is 19.8 Å². The van der Waals surface area contributed by atoms with Gasteiger partial charge in [-0.05, 0) is 25.1 Å². The first-order chi connectivity index (χ1) is 10.3. The predicted octanol–water partition coefficient (Wildman–Crippen LogP) is 1.02. The molecule has 21 heavy (non-hydrogen) atoms. The van der Waals surface area contributed by atoms with E-state index in [0.717, 1.165) is 41.8 Å². The van der Waals surface area contributed by atoms with Gasteiger partial charge in [-0.25, -0.2) is 14.6 Å². The van der Waals surface area contributed by atoms with Crippen LogP contribution in [0.4, 0.5) is 5.82 Å². The number of rotatable bonds is 5. The Balaban J connectivity index is 2.27. The number of nitrogens with one attached hydrogen (secondary N) is 1. The van der Waals surface area contributed by atoms with Gasteiger partial charge in [0.05, 0.1) is 5.52 Å². The van der Waals surface area contributed by atoms with Crippen molar-refractivity contribution in [3.8, 4) is 0 Å². The zero-order valence-corrected chi connectivity index (χ0v) is 12.0. The fourth-order valence-electron chi connectivity index (χ4n) is 2.42. The lowest BCUT2D eigenvalue weighted by Gasteiger charge is -2.11. The predicted molar refractivity (Wildman–Crippen MR) is 84.5 cm³/mol. The van der Waals surface area contributed by atoms with Crippen molar-refractivity contribution in [3.63, 3.8) is 0 Å². The molecule has 3 aromatic rings. The van der Waals surface area contributed by atoms with Crippen LogP contribution in [0.1, 0.15) is 19.2 Å². The van der Waals surface area contributed by atoms with Crippen LogP contribution in [0.2, 0.25) is 0 Å². The summed E-state index contributed by atoms with van der Waals surface area (Å²) in [7, 11) is 0. The Labute approximate surface area is 122 Å². The molecule has 0 saturated heterocycles. The third-order valence-electron chi connectivity index (χ3n) is 3.41. The maximum atomic E-state index is 6.05. The normalized spacial score (nSPS) is 11.3. The zero-order chi connectivity index (χ0) is 14.8. The molecule has 0 radical (unpaired) electrons. The van der Waals surface area contributed by atoms with Gasteiger partial charge in [0.15, 0.2) is 5.82 Å². The summed E-state index contributed by atoms with van der Waals surface area (Å²) in [6, 6.07) is 3.75. The van der Waals surface area contributed by atoms with E-state index in [2.05, 4.69) is 27.3 Å². The number of nitrogens with two attached hydrogens (primary N) is 2. The van der Waals surface area contributed by atoms with Crippen molar-refractivity contribution in [1.29, 1.82) is 0 Å². The Morgan fingerprint density at radius 2 is 2.14 bits per heavy atom. The van der Waals surface area contributed by atoms with Crippen LogP contribution in [-0.4, -0.2) is 32.7 Å². The minimum atomic E-state index is 0.430. The van der Waals surface area contributed by atoms with Gasteiger partial charge in [0.2, 0.25) is 0 Å². The first kappa shape index (κ1) is 13.6. The van der Waals surface area contributed by atoms with Crippen LogP contribution < -0.4 is 16.9 Å². The summed E-state index contributed by atoms with van der Waals surface area (Å²) < 4.78 is 1.97. The molecular weight excluding hydrogens is 266 g/mol. The number of aryl methyl sites for hydroxylation is 1. The highest BCUT2D eigenvalue weighted by Gasteiger charge is 2.16. The largest absolute Gasteiger partial charge is 0.382 e. The first-order valence-electron chi connectivity index (χ1n) is 7.11. The van der Waals surface area contributed by atoms with Crippen LogP contribution in [-0.2, 0) is 6.42 Å². The van der Waals surface area contributed by atoms with E-state index in [1.54, 1.807) is 6.20 Å². The van der Waals surface area contributed by atoms with E-state index in [1.807, 2.05) is 16.8 Å². The fourth-order valence-corrected chi connectivity index (χ4v) is 2.42. The molecule has 0 unspecified atom stereocenters. The van der Waals surface area contributed by atoms with E-state index in [1.165, 1.54) is 0 Å². The highest BCUT2D eigenvalue weighted by Crippen LogP contribution is 2.26. The van der Waals surface area contributed by atoms with E-state index in [-0.39, 0.29) is 0 Å². The van der Waals surface area contributed by atoms with Crippen LogP contribution in [0.25, 0.3) is 22.1 Å². The zero-order valence-electron chi connectivity index (χ0n) is 12.0. The molecule has 110 valence electrons. The quantitative estimate of drug-likeness (QED) is 0.604. The number of nitrogens with zero attached hydrogens (tertiary/aromatic N) is 4. The van der Waals surface area contributed by atoms with Crippen LogP contribution >= 0.6 is 0 Å². The van der Waals surface area contributed by atoms with Gasteiger partial charge in [-0.2, -0.15) is 0 Å². The van der Waals surface area contributed by atoms with Gasteiger partial charge in [-0.15, -0.1) is 0 Å². The molecule has 0 aromatic carbocycles. The smallest absolute Gasteiger partial charge is 0.152 e. The highest BCUT2D eigenvalue weighted by molar-refractivity contribution is 6.04. The van der Waals surface area contributed by atoms with E-state index < -0.39 is 0 Å². The van der Waals surface area contributed by atoms with Crippen molar-refractivity contribution in [3.05, 3.63) is 24.2 Å². The number of pyridine rings is 2. The van der Waals surface area contributed by atoms with Gasteiger partial charge in [-0.3, -0.25) is 4.98 Å². The second-order valence-corrected chi connectivity index (χ2v) is 4.83. The number of aromatic nitrogens is 4. The van der Waals surface area contributed by atoms with Crippen molar-refractivity contribution in [2.24, 2.45) is 5.73 Å². The molecule has 0 atom stereocenters. The molecule has 0 aliphatic carbocycles. The monoisotopic (exact) mass is 285 g/mol. The summed E-state index contributed by atoms with van der Waals surface area (Å²) in [5.41, 5.74) is 18.1. The molecule has 0 saturated carbocycles.